The molecule has 0 atom stereocenters. The molecule has 0 fully saturated rings. The summed E-state index contributed by atoms with van der Waals surface area (Å²) in [6.07, 6.45) is 1.66. The van der Waals surface area contributed by atoms with Crippen LogP contribution in [0.25, 0.3) is 16.9 Å². The second-order valence-electron chi connectivity index (χ2n) is 7.60. The van der Waals surface area contributed by atoms with Crippen LogP contribution in [-0.4, -0.2) is 13.9 Å². The first-order valence-electron chi connectivity index (χ1n) is 10.4. The van der Waals surface area contributed by atoms with Crippen molar-refractivity contribution in [1.29, 1.82) is 0 Å². The molecule has 5 aromatic rings. The van der Waals surface area contributed by atoms with Crippen LogP contribution in [0.1, 0.15) is 11.5 Å². The minimum atomic E-state index is -0.149. The van der Waals surface area contributed by atoms with E-state index in [1.54, 1.807) is 10.9 Å². The molecule has 6 nitrogen and oxygen atoms in total. The van der Waals surface area contributed by atoms with Crippen LogP contribution in [0, 0.1) is 6.92 Å². The van der Waals surface area contributed by atoms with Crippen molar-refractivity contribution in [1.82, 2.24) is 13.9 Å². The summed E-state index contributed by atoms with van der Waals surface area (Å²) in [5, 5.41) is 2.07. The number of nitrogens with zero attached hydrogens (tertiary/aromatic N) is 4. The Balaban J connectivity index is 1.69. The minimum Gasteiger partial charge on any atom is -0.467 e. The highest BCUT2D eigenvalue weighted by Crippen LogP contribution is 2.24. The number of halogens is 1. The Hall–Kier alpha value is -3.36. The highest BCUT2D eigenvalue weighted by molar-refractivity contribution is 9.10. The first kappa shape index (κ1) is 21.5. The quantitative estimate of drug-likeness (QED) is 0.300. The topological polar surface area (TPSA) is 57.4 Å². The summed E-state index contributed by atoms with van der Waals surface area (Å²) in [4.78, 5) is 19.0. The smallest absolute Gasteiger partial charge is 0.297 e. The third kappa shape index (κ3) is 4.07. The van der Waals surface area contributed by atoms with Crippen LogP contribution < -0.4 is 10.4 Å². The molecule has 0 spiro atoms. The Morgan fingerprint density at radius 2 is 1.79 bits per heavy atom. The monoisotopic (exact) mass is 520 g/mol. The minimum absolute atomic E-state index is 0.149. The van der Waals surface area contributed by atoms with Crippen LogP contribution >= 0.6 is 27.3 Å². The summed E-state index contributed by atoms with van der Waals surface area (Å²) in [5.74, 6) is 0.819. The molecule has 0 aliphatic heterocycles. The molecule has 8 heteroatoms. The molecule has 0 unspecified atom stereocenters. The van der Waals surface area contributed by atoms with E-state index in [4.69, 9.17) is 9.41 Å². The summed E-state index contributed by atoms with van der Waals surface area (Å²) in [6, 6.07) is 21.6. The number of aromatic nitrogens is 3. The van der Waals surface area contributed by atoms with Crippen LogP contribution in [0.2, 0.25) is 0 Å². The molecular weight excluding hydrogens is 500 g/mol. The number of hydrogen-bond acceptors (Lipinski definition) is 4. The molecule has 0 radical (unpaired) electrons. The number of benzene rings is 2. The van der Waals surface area contributed by atoms with Crippen LogP contribution in [0.15, 0.2) is 97.1 Å². The van der Waals surface area contributed by atoms with Gasteiger partial charge in [-0.25, -0.2) is 9.67 Å². The molecule has 3 heterocycles. The molecule has 0 saturated carbocycles. The first-order chi connectivity index (χ1) is 16.0. The molecular formula is C25H21BrN4O2S. The average molecular weight is 521 g/mol. The van der Waals surface area contributed by atoms with Crippen LogP contribution in [0.3, 0.4) is 0 Å². The van der Waals surface area contributed by atoms with Crippen molar-refractivity contribution in [3.63, 3.8) is 0 Å². The van der Waals surface area contributed by atoms with Crippen molar-refractivity contribution in [2.75, 3.05) is 0 Å². The zero-order chi connectivity index (χ0) is 22.9. The maximum absolute atomic E-state index is 13.4. The van der Waals surface area contributed by atoms with Crippen LogP contribution in [0.4, 0.5) is 5.69 Å². The number of para-hydroxylation sites is 1. The van der Waals surface area contributed by atoms with E-state index in [0.717, 1.165) is 37.7 Å². The van der Waals surface area contributed by atoms with E-state index in [2.05, 4.69) is 38.0 Å². The fourth-order valence-electron chi connectivity index (χ4n) is 3.76. The lowest BCUT2D eigenvalue weighted by molar-refractivity contribution is 0.492. The molecule has 0 aliphatic rings. The van der Waals surface area contributed by atoms with Gasteiger partial charge in [-0.05, 0) is 48.9 Å². The Kier molecular flexibility index (Phi) is 5.78. The van der Waals surface area contributed by atoms with Crippen molar-refractivity contribution in [2.45, 2.75) is 13.5 Å². The molecule has 2 aromatic carbocycles. The van der Waals surface area contributed by atoms with Gasteiger partial charge in [-0.1, -0.05) is 46.3 Å². The fraction of sp³-hybridized carbons (Fsp3) is 0.120. The van der Waals surface area contributed by atoms with Crippen molar-refractivity contribution >= 4 is 33.0 Å². The second-order valence-corrected chi connectivity index (χ2v) is 9.35. The van der Waals surface area contributed by atoms with Gasteiger partial charge in [0.15, 0.2) is 10.5 Å². The van der Waals surface area contributed by atoms with Crippen LogP contribution in [-0.2, 0) is 13.6 Å². The van der Waals surface area contributed by atoms with Gasteiger partial charge in [-0.2, -0.15) is 0 Å². The maximum Gasteiger partial charge on any atom is 0.297 e. The van der Waals surface area contributed by atoms with Gasteiger partial charge in [0.25, 0.3) is 5.56 Å². The van der Waals surface area contributed by atoms with E-state index in [0.29, 0.717) is 12.2 Å². The summed E-state index contributed by atoms with van der Waals surface area (Å²) in [6.45, 7) is 2.43. The highest BCUT2D eigenvalue weighted by atomic mass is 79.9. The van der Waals surface area contributed by atoms with Gasteiger partial charge in [0, 0.05) is 16.9 Å². The van der Waals surface area contributed by atoms with Gasteiger partial charge in [-0.3, -0.25) is 9.48 Å². The molecule has 5 rings (SSSR count). The fourth-order valence-corrected chi connectivity index (χ4v) is 4.94. The van der Waals surface area contributed by atoms with Gasteiger partial charge in [0.2, 0.25) is 0 Å². The molecule has 0 amide bonds. The van der Waals surface area contributed by atoms with E-state index in [9.17, 15) is 4.79 Å². The normalized spacial score (nSPS) is 11.9. The molecule has 33 heavy (non-hydrogen) atoms. The molecule has 3 aromatic heterocycles. The summed E-state index contributed by atoms with van der Waals surface area (Å²) in [7, 11) is 1.88. The summed E-state index contributed by atoms with van der Waals surface area (Å²) < 4.78 is 12.2. The van der Waals surface area contributed by atoms with Crippen LogP contribution in [0.5, 0.6) is 0 Å². The Labute approximate surface area is 202 Å². The van der Waals surface area contributed by atoms with Gasteiger partial charge in [0.05, 0.1) is 29.9 Å². The van der Waals surface area contributed by atoms with Crippen molar-refractivity contribution in [3.8, 4) is 16.9 Å². The highest BCUT2D eigenvalue weighted by Gasteiger charge is 2.17. The predicted molar refractivity (Wildman–Crippen MR) is 134 cm³/mol. The maximum atomic E-state index is 13.4. The third-order valence-electron chi connectivity index (χ3n) is 5.56. The van der Waals surface area contributed by atoms with E-state index in [1.807, 2.05) is 73.3 Å². The van der Waals surface area contributed by atoms with Gasteiger partial charge in [0.1, 0.15) is 5.76 Å². The van der Waals surface area contributed by atoms with Crippen molar-refractivity contribution in [3.05, 3.63) is 109 Å². The zero-order valence-corrected chi connectivity index (χ0v) is 20.5. The van der Waals surface area contributed by atoms with Gasteiger partial charge >= 0.3 is 0 Å². The molecule has 0 bridgehead atoms. The Morgan fingerprint density at radius 1 is 1.03 bits per heavy atom. The Morgan fingerprint density at radius 3 is 2.48 bits per heavy atom. The SMILES string of the molecule is Cc1c(N=c2scc(-c3ccc(Br)cc3)n2Cc2ccco2)c(=O)n(-c2ccccc2)n1C. The van der Waals surface area contributed by atoms with E-state index in [-0.39, 0.29) is 5.56 Å². The summed E-state index contributed by atoms with van der Waals surface area (Å²) >= 11 is 5.01. The number of furan rings is 1. The predicted octanol–water partition coefficient (Wildman–Crippen LogP) is 5.65. The molecule has 0 saturated heterocycles. The first-order valence-corrected chi connectivity index (χ1v) is 12.1. The molecule has 166 valence electrons. The molecule has 0 aliphatic carbocycles. The van der Waals surface area contributed by atoms with Crippen molar-refractivity contribution < 1.29 is 4.42 Å². The van der Waals surface area contributed by atoms with E-state index in [1.165, 1.54) is 11.3 Å². The lowest BCUT2D eigenvalue weighted by atomic mass is 10.2. The zero-order valence-electron chi connectivity index (χ0n) is 18.1. The third-order valence-corrected chi connectivity index (χ3v) is 6.96. The van der Waals surface area contributed by atoms with Crippen molar-refractivity contribution in [2.24, 2.45) is 12.0 Å². The standard InChI is InChI=1S/C25H21BrN4O2S/c1-17-23(24(31)30(28(17)2)20-7-4-3-5-8-20)27-25-29(15-21-9-6-14-32-21)22(16-33-25)18-10-12-19(26)13-11-18/h3-14,16H,15H2,1-2H3. The van der Waals surface area contributed by atoms with Gasteiger partial charge < -0.3 is 8.98 Å². The number of thiazole rings is 1. The molecule has 0 N–H and O–H groups in total. The largest absolute Gasteiger partial charge is 0.467 e. The van der Waals surface area contributed by atoms with Gasteiger partial charge in [-0.15, -0.1) is 11.3 Å². The van der Waals surface area contributed by atoms with E-state index >= 15 is 0 Å². The summed E-state index contributed by atoms with van der Waals surface area (Å²) in [5.41, 5.74) is 3.96. The number of hydrogen-bond donors (Lipinski definition) is 0. The Bertz CT molecular complexity index is 1520. The van der Waals surface area contributed by atoms with E-state index < -0.39 is 0 Å². The lowest BCUT2D eigenvalue weighted by Crippen LogP contribution is -2.20. The second kappa shape index (κ2) is 8.88. The lowest BCUT2D eigenvalue weighted by Gasteiger charge is -2.08. The number of rotatable bonds is 5. The average Bonchev–Trinajstić information content (AvgIpc) is 3.53.